The van der Waals surface area contributed by atoms with Gasteiger partial charge in [0.15, 0.2) is 5.78 Å². The topological polar surface area (TPSA) is 66.8 Å². The summed E-state index contributed by atoms with van der Waals surface area (Å²) in [5, 5.41) is 9.77. The number of hydrogen-bond acceptors (Lipinski definition) is 5. The third-order valence-corrected chi connectivity index (χ3v) is 7.83. The molecule has 3 aromatic carbocycles. The van der Waals surface area contributed by atoms with Crippen molar-refractivity contribution in [1.82, 2.24) is 4.31 Å². The first-order valence-electron chi connectivity index (χ1n) is 11.5. The van der Waals surface area contributed by atoms with Crippen molar-refractivity contribution in [3.8, 4) is 5.75 Å². The summed E-state index contributed by atoms with van der Waals surface area (Å²) < 4.78 is 8.83. The van der Waals surface area contributed by atoms with Crippen molar-refractivity contribution in [3.05, 3.63) is 93.5 Å². The molecular formula is C28H27NO4S. The van der Waals surface area contributed by atoms with Gasteiger partial charge in [-0.15, -0.1) is 0 Å². The lowest BCUT2D eigenvalue weighted by atomic mass is 9.82. The largest absolute Gasteiger partial charge is 0.483 e. The molecule has 0 aliphatic carbocycles. The number of nitrogens with zero attached hydrogens (tertiary/aromatic N) is 1. The molecule has 0 saturated carbocycles. The lowest BCUT2D eigenvalue weighted by Crippen LogP contribution is -2.25. The van der Waals surface area contributed by atoms with Gasteiger partial charge < -0.3 is 9.84 Å². The zero-order valence-electron chi connectivity index (χ0n) is 19.5. The van der Waals surface area contributed by atoms with Gasteiger partial charge in [-0.05, 0) is 78.7 Å². The van der Waals surface area contributed by atoms with Gasteiger partial charge in [-0.3, -0.25) is 9.59 Å². The lowest BCUT2D eigenvalue weighted by Gasteiger charge is -2.26. The Morgan fingerprint density at radius 1 is 1.06 bits per heavy atom. The summed E-state index contributed by atoms with van der Waals surface area (Å²) in [6.07, 6.45) is -0.383. The van der Waals surface area contributed by atoms with Gasteiger partial charge in [0.05, 0.1) is 17.9 Å². The Morgan fingerprint density at radius 3 is 2.62 bits per heavy atom. The fourth-order valence-electron chi connectivity index (χ4n) is 4.97. The number of hydrogen-bond donors (Lipinski definition) is 1. The highest BCUT2D eigenvalue weighted by molar-refractivity contribution is 7.97. The molecule has 0 radical (unpaired) electrons. The number of carbonyl (C=O) groups excluding carboxylic acids is 1. The Labute approximate surface area is 203 Å². The zero-order valence-corrected chi connectivity index (χ0v) is 20.3. The molecule has 174 valence electrons. The first-order chi connectivity index (χ1) is 16.3. The first kappa shape index (κ1) is 22.7. The van der Waals surface area contributed by atoms with Crippen molar-refractivity contribution in [2.75, 3.05) is 6.54 Å². The zero-order chi connectivity index (χ0) is 24.0. The molecule has 1 N–H and O–H groups in total. The number of ketones is 1. The van der Waals surface area contributed by atoms with E-state index in [9.17, 15) is 14.7 Å². The normalized spacial score (nSPS) is 20.9. The highest BCUT2D eigenvalue weighted by atomic mass is 32.2. The number of carbonyl (C=O) groups is 2. The maximum Gasteiger partial charge on any atom is 0.304 e. The molecule has 2 unspecified atom stereocenters. The van der Waals surface area contributed by atoms with Crippen LogP contribution in [-0.2, 0) is 11.3 Å². The van der Waals surface area contributed by atoms with Crippen molar-refractivity contribution in [2.24, 2.45) is 0 Å². The second-order valence-corrected chi connectivity index (χ2v) is 10.3. The number of ether oxygens (including phenoxy) is 1. The molecular weight excluding hydrogens is 446 g/mol. The maximum absolute atomic E-state index is 12.7. The summed E-state index contributed by atoms with van der Waals surface area (Å²) in [5.41, 5.74) is 6.61. The summed E-state index contributed by atoms with van der Waals surface area (Å²) in [6.45, 7) is 6.90. The number of rotatable bonds is 3. The Balaban J connectivity index is 1.78. The van der Waals surface area contributed by atoms with Crippen molar-refractivity contribution in [3.63, 3.8) is 0 Å². The van der Waals surface area contributed by atoms with E-state index in [0.29, 0.717) is 18.7 Å². The number of carboxylic acids is 1. The van der Waals surface area contributed by atoms with Crippen LogP contribution in [0.2, 0.25) is 0 Å². The predicted octanol–water partition coefficient (Wildman–Crippen LogP) is 6.07. The molecule has 0 saturated heterocycles. The van der Waals surface area contributed by atoms with Crippen LogP contribution >= 0.6 is 11.9 Å². The third kappa shape index (κ3) is 4.24. The molecule has 2 heterocycles. The predicted molar refractivity (Wildman–Crippen MR) is 133 cm³/mol. The second kappa shape index (κ2) is 8.93. The molecule has 34 heavy (non-hydrogen) atoms. The monoisotopic (exact) mass is 473 g/mol. The van der Waals surface area contributed by atoms with Gasteiger partial charge in [0, 0.05) is 23.6 Å². The number of aryl methyl sites for hydroxylation is 2. The number of para-hydroxylation sites is 1. The van der Waals surface area contributed by atoms with Crippen molar-refractivity contribution < 1.29 is 19.4 Å². The van der Waals surface area contributed by atoms with E-state index in [1.165, 1.54) is 5.56 Å². The second-order valence-electron chi connectivity index (χ2n) is 9.16. The van der Waals surface area contributed by atoms with Crippen LogP contribution in [0.25, 0.3) is 0 Å². The van der Waals surface area contributed by atoms with Gasteiger partial charge in [-0.1, -0.05) is 36.4 Å². The van der Waals surface area contributed by atoms with Gasteiger partial charge in [-0.2, -0.15) is 0 Å². The van der Waals surface area contributed by atoms with Gasteiger partial charge in [0.2, 0.25) is 0 Å². The van der Waals surface area contributed by atoms with E-state index in [4.69, 9.17) is 4.74 Å². The van der Waals surface area contributed by atoms with Crippen LogP contribution in [0, 0.1) is 13.8 Å². The number of benzene rings is 3. The highest BCUT2D eigenvalue weighted by Crippen LogP contribution is 2.43. The molecule has 0 fully saturated rings. The molecule has 0 amide bonds. The van der Waals surface area contributed by atoms with Crippen molar-refractivity contribution in [1.29, 1.82) is 0 Å². The Kier molecular flexibility index (Phi) is 5.96. The van der Waals surface area contributed by atoms with Gasteiger partial charge in [-0.25, -0.2) is 4.31 Å². The van der Waals surface area contributed by atoms with E-state index >= 15 is 0 Å². The minimum atomic E-state index is -0.849. The Bertz CT molecular complexity index is 1300. The molecule has 0 spiro atoms. The molecule has 2 aliphatic rings. The smallest absolute Gasteiger partial charge is 0.304 e. The van der Waals surface area contributed by atoms with E-state index in [-0.39, 0.29) is 24.2 Å². The molecule has 3 aromatic rings. The molecule has 0 aromatic heterocycles. The van der Waals surface area contributed by atoms with E-state index in [2.05, 4.69) is 29.4 Å². The molecule has 5 rings (SSSR count). The van der Waals surface area contributed by atoms with Gasteiger partial charge >= 0.3 is 5.97 Å². The highest BCUT2D eigenvalue weighted by Gasteiger charge is 2.31. The summed E-state index contributed by atoms with van der Waals surface area (Å²) in [5.74, 6) is -0.391. The molecule has 5 nitrogen and oxygen atoms in total. The molecule has 6 heteroatoms. The quantitative estimate of drug-likeness (QED) is 0.368. The fourth-order valence-corrected chi connectivity index (χ4v) is 6.01. The van der Waals surface area contributed by atoms with E-state index in [1.54, 1.807) is 18.9 Å². The van der Waals surface area contributed by atoms with E-state index in [1.807, 2.05) is 43.3 Å². The number of Topliss-reactive ketones (excluding diaryl/α,β-unsaturated/α-hetero) is 1. The molecule has 6 bridgehead atoms. The molecule has 3 atom stereocenters. The summed E-state index contributed by atoms with van der Waals surface area (Å²) >= 11 is 1.66. The lowest BCUT2D eigenvalue weighted by molar-refractivity contribution is -0.137. The third-order valence-electron chi connectivity index (χ3n) is 6.76. The number of carboxylic acid groups (broad SMARTS) is 1. The summed E-state index contributed by atoms with van der Waals surface area (Å²) in [6, 6.07) is 18.2. The van der Waals surface area contributed by atoms with Gasteiger partial charge in [0.25, 0.3) is 0 Å². The van der Waals surface area contributed by atoms with Crippen LogP contribution in [-0.4, -0.2) is 27.7 Å². The summed E-state index contributed by atoms with van der Waals surface area (Å²) in [4.78, 5) is 25.7. The number of aliphatic carboxylic acids is 1. The first-order valence-corrected chi connectivity index (χ1v) is 12.2. The van der Waals surface area contributed by atoms with Crippen molar-refractivity contribution in [2.45, 2.75) is 50.7 Å². The maximum atomic E-state index is 12.7. The van der Waals surface area contributed by atoms with E-state index < -0.39 is 5.97 Å². The van der Waals surface area contributed by atoms with Crippen LogP contribution in [0.5, 0.6) is 5.75 Å². The van der Waals surface area contributed by atoms with Crippen LogP contribution in [0.4, 0.5) is 0 Å². The standard InChI is InChI=1S/C28H27NO4S/c1-16-8-9-19-11-20(16)14-29-15-26(33-25-6-4-5-7-27(25)34-29)24-12-21(23(19)13-28(31)32)17(2)10-22(24)18(3)30/h4-12,23,26H,13-15H2,1-3H3,(H,31,32)/t23?,26-/m0/s1. The average Bonchev–Trinajstić information content (AvgIpc) is 2.98. The van der Waals surface area contributed by atoms with Crippen LogP contribution in [0.15, 0.2) is 59.5 Å². The fraction of sp³-hybridized carbons (Fsp3) is 0.286. The van der Waals surface area contributed by atoms with Crippen LogP contribution in [0.3, 0.4) is 0 Å². The van der Waals surface area contributed by atoms with Crippen LogP contribution < -0.4 is 4.74 Å². The van der Waals surface area contributed by atoms with E-state index in [0.717, 1.165) is 38.5 Å². The minimum absolute atomic E-state index is 0.0188. The molecule has 2 aliphatic heterocycles. The van der Waals surface area contributed by atoms with Crippen LogP contribution in [0.1, 0.15) is 69.1 Å². The summed E-state index contributed by atoms with van der Waals surface area (Å²) in [7, 11) is 0. The van der Waals surface area contributed by atoms with Crippen molar-refractivity contribution >= 4 is 23.7 Å². The van der Waals surface area contributed by atoms with Gasteiger partial charge in [0.1, 0.15) is 11.9 Å². The Morgan fingerprint density at radius 2 is 1.85 bits per heavy atom. The average molecular weight is 474 g/mol. The Hall–Kier alpha value is -3.09. The SMILES string of the molecule is CC(=O)c1cc(C)c2cc1[C@@H]1CN(Cc3cc(ccc3C)C2CC(=O)O)Sc2ccccc2O1. The number of fused-ring (bicyclic) bond motifs is 8. The minimum Gasteiger partial charge on any atom is -0.483 e.